The van der Waals surface area contributed by atoms with Gasteiger partial charge in [-0.15, -0.1) is 0 Å². The normalized spacial score (nSPS) is 10.1. The first kappa shape index (κ1) is 14.8. The molecule has 3 nitrogen and oxygen atoms in total. The molecule has 1 rings (SSSR count). The summed E-state index contributed by atoms with van der Waals surface area (Å²) in [6.07, 6.45) is 0. The van der Waals surface area contributed by atoms with Crippen LogP contribution >= 0.6 is 38.5 Å². The predicted molar refractivity (Wildman–Crippen MR) is 78.9 cm³/mol. The van der Waals surface area contributed by atoms with E-state index in [1.807, 2.05) is 13.0 Å². The zero-order valence-electron chi connectivity index (χ0n) is 9.76. The second-order valence-electron chi connectivity index (χ2n) is 3.23. The lowest BCUT2D eigenvalue weighted by Crippen LogP contribution is -2.09. The monoisotopic (exact) mass is 412 g/mol. The van der Waals surface area contributed by atoms with Gasteiger partial charge in [0.05, 0.1) is 22.3 Å². The van der Waals surface area contributed by atoms with E-state index in [4.69, 9.17) is 9.47 Å². The van der Waals surface area contributed by atoms with Crippen molar-refractivity contribution in [2.45, 2.75) is 19.2 Å². The molecule has 0 amide bonds. The van der Waals surface area contributed by atoms with Gasteiger partial charge >= 0.3 is 5.97 Å². The Hall–Kier alpha value is -0.300. The van der Waals surface area contributed by atoms with Crippen molar-refractivity contribution in [2.24, 2.45) is 0 Å². The number of alkyl halides is 1. The maximum absolute atomic E-state index is 11.8. The summed E-state index contributed by atoms with van der Waals surface area (Å²) in [6, 6.07) is 3.69. The van der Waals surface area contributed by atoms with Gasteiger partial charge < -0.3 is 9.47 Å². The molecule has 0 aromatic heterocycles. The van der Waals surface area contributed by atoms with E-state index in [1.54, 1.807) is 13.0 Å². The molecule has 0 aliphatic rings. The quantitative estimate of drug-likeness (QED) is 0.419. The van der Waals surface area contributed by atoms with E-state index in [-0.39, 0.29) is 5.97 Å². The lowest BCUT2D eigenvalue weighted by Gasteiger charge is -2.12. The van der Waals surface area contributed by atoms with Gasteiger partial charge in [0, 0.05) is 5.33 Å². The van der Waals surface area contributed by atoms with Crippen LogP contribution in [0.3, 0.4) is 0 Å². The Morgan fingerprint density at radius 3 is 2.59 bits per heavy atom. The number of benzene rings is 1. The van der Waals surface area contributed by atoms with Crippen LogP contribution in [0.4, 0.5) is 0 Å². The Kier molecular flexibility index (Phi) is 6.26. The summed E-state index contributed by atoms with van der Waals surface area (Å²) in [5, 5.41) is 0.615. The third-order valence-electron chi connectivity index (χ3n) is 2.10. The molecule has 0 spiro atoms. The number of rotatable bonds is 5. The first-order chi connectivity index (χ1) is 8.13. The summed E-state index contributed by atoms with van der Waals surface area (Å²) >= 11 is 5.57. The third-order valence-corrected chi connectivity index (χ3v) is 3.54. The van der Waals surface area contributed by atoms with Gasteiger partial charge in [-0.3, -0.25) is 0 Å². The van der Waals surface area contributed by atoms with E-state index in [2.05, 4.69) is 38.5 Å². The van der Waals surface area contributed by atoms with Gasteiger partial charge in [-0.2, -0.15) is 0 Å². The second kappa shape index (κ2) is 7.20. The highest BCUT2D eigenvalue weighted by Crippen LogP contribution is 2.27. The first-order valence-electron chi connectivity index (χ1n) is 5.32. The minimum atomic E-state index is -0.306. The van der Waals surface area contributed by atoms with Crippen molar-refractivity contribution in [2.75, 3.05) is 13.2 Å². The number of carbonyl (C=O) groups is 1. The summed E-state index contributed by atoms with van der Waals surface area (Å²) in [4.78, 5) is 11.8. The fraction of sp³-hybridized carbons (Fsp3) is 0.417. The van der Waals surface area contributed by atoms with E-state index in [9.17, 15) is 4.79 Å². The molecule has 0 radical (unpaired) electrons. The SMILES string of the molecule is CCOC(=O)c1cc(OCC)c(I)cc1CBr. The Balaban J connectivity index is 3.16. The molecule has 0 fully saturated rings. The van der Waals surface area contributed by atoms with Crippen LogP contribution in [0.1, 0.15) is 29.8 Å². The number of hydrogen-bond acceptors (Lipinski definition) is 3. The van der Waals surface area contributed by atoms with Crippen molar-refractivity contribution in [3.05, 3.63) is 26.8 Å². The Morgan fingerprint density at radius 1 is 1.35 bits per heavy atom. The van der Waals surface area contributed by atoms with Crippen LogP contribution in [0.2, 0.25) is 0 Å². The standard InChI is InChI=1S/C12H14BrIO3/c1-3-16-11-6-9(12(15)17-4-2)8(7-13)5-10(11)14/h5-6H,3-4,7H2,1-2H3. The van der Waals surface area contributed by atoms with E-state index >= 15 is 0 Å². The van der Waals surface area contributed by atoms with Crippen LogP contribution in [-0.2, 0) is 10.1 Å². The zero-order chi connectivity index (χ0) is 12.8. The fourth-order valence-electron chi connectivity index (χ4n) is 1.37. The summed E-state index contributed by atoms with van der Waals surface area (Å²) in [5.74, 6) is 0.417. The van der Waals surface area contributed by atoms with Gasteiger partial charge in [0.1, 0.15) is 5.75 Å². The van der Waals surface area contributed by atoms with Gasteiger partial charge in [0.15, 0.2) is 0 Å². The van der Waals surface area contributed by atoms with Crippen LogP contribution in [-0.4, -0.2) is 19.2 Å². The molecule has 0 aliphatic carbocycles. The van der Waals surface area contributed by atoms with Crippen molar-refractivity contribution in [3.63, 3.8) is 0 Å². The summed E-state index contributed by atoms with van der Waals surface area (Å²) in [6.45, 7) is 4.66. The van der Waals surface area contributed by atoms with Crippen molar-refractivity contribution in [1.82, 2.24) is 0 Å². The summed E-state index contributed by atoms with van der Waals surface area (Å²) in [7, 11) is 0. The molecule has 0 unspecified atom stereocenters. The van der Waals surface area contributed by atoms with Gasteiger partial charge in [0.25, 0.3) is 0 Å². The average Bonchev–Trinajstić information content (AvgIpc) is 2.31. The van der Waals surface area contributed by atoms with Crippen molar-refractivity contribution >= 4 is 44.5 Å². The average molecular weight is 413 g/mol. The lowest BCUT2D eigenvalue weighted by molar-refractivity contribution is 0.0525. The molecule has 0 heterocycles. The highest BCUT2D eigenvalue weighted by Gasteiger charge is 2.15. The lowest BCUT2D eigenvalue weighted by atomic mass is 10.1. The largest absolute Gasteiger partial charge is 0.493 e. The Labute approximate surface area is 123 Å². The number of carbonyl (C=O) groups excluding carboxylic acids is 1. The number of halogens is 2. The molecule has 0 saturated heterocycles. The van der Waals surface area contributed by atoms with Gasteiger partial charge in [0.2, 0.25) is 0 Å². The fourth-order valence-corrected chi connectivity index (χ4v) is 2.52. The molecule has 0 N–H and O–H groups in total. The van der Waals surface area contributed by atoms with Crippen LogP contribution in [0, 0.1) is 3.57 Å². The van der Waals surface area contributed by atoms with Crippen LogP contribution in [0.5, 0.6) is 5.75 Å². The molecule has 0 atom stereocenters. The van der Waals surface area contributed by atoms with E-state index in [1.165, 1.54) is 0 Å². The van der Waals surface area contributed by atoms with Crippen molar-refractivity contribution < 1.29 is 14.3 Å². The van der Waals surface area contributed by atoms with Crippen molar-refractivity contribution in [3.8, 4) is 5.75 Å². The van der Waals surface area contributed by atoms with Crippen LogP contribution < -0.4 is 4.74 Å². The Morgan fingerprint density at radius 2 is 2.06 bits per heavy atom. The molecule has 0 saturated carbocycles. The molecular weight excluding hydrogens is 399 g/mol. The number of ether oxygens (including phenoxy) is 2. The van der Waals surface area contributed by atoms with Gasteiger partial charge in [-0.25, -0.2) is 4.79 Å². The Bertz CT molecular complexity index is 407. The predicted octanol–water partition coefficient (Wildman–Crippen LogP) is 3.76. The number of hydrogen-bond donors (Lipinski definition) is 0. The smallest absolute Gasteiger partial charge is 0.338 e. The second-order valence-corrected chi connectivity index (χ2v) is 4.95. The molecule has 0 bridgehead atoms. The van der Waals surface area contributed by atoms with Crippen LogP contribution in [0.15, 0.2) is 12.1 Å². The first-order valence-corrected chi connectivity index (χ1v) is 7.52. The summed E-state index contributed by atoms with van der Waals surface area (Å²) in [5.41, 5.74) is 1.48. The minimum absolute atomic E-state index is 0.306. The highest BCUT2D eigenvalue weighted by atomic mass is 127. The van der Waals surface area contributed by atoms with Gasteiger partial charge in [-0.1, -0.05) is 15.9 Å². The molecule has 5 heteroatoms. The van der Waals surface area contributed by atoms with E-state index in [0.29, 0.717) is 24.1 Å². The highest BCUT2D eigenvalue weighted by molar-refractivity contribution is 14.1. The molecule has 0 aliphatic heterocycles. The zero-order valence-corrected chi connectivity index (χ0v) is 13.5. The maximum Gasteiger partial charge on any atom is 0.338 e. The molecule has 17 heavy (non-hydrogen) atoms. The summed E-state index contributed by atoms with van der Waals surface area (Å²) < 4.78 is 11.5. The van der Waals surface area contributed by atoms with Crippen molar-refractivity contribution in [1.29, 1.82) is 0 Å². The third kappa shape index (κ3) is 3.84. The topological polar surface area (TPSA) is 35.5 Å². The molecule has 1 aromatic rings. The molecule has 1 aromatic carbocycles. The minimum Gasteiger partial charge on any atom is -0.493 e. The number of esters is 1. The molecular formula is C12H14BrIO3. The van der Waals surface area contributed by atoms with E-state index in [0.717, 1.165) is 14.9 Å². The maximum atomic E-state index is 11.8. The van der Waals surface area contributed by atoms with E-state index < -0.39 is 0 Å². The van der Waals surface area contributed by atoms with Crippen LogP contribution in [0.25, 0.3) is 0 Å². The van der Waals surface area contributed by atoms with Gasteiger partial charge in [-0.05, 0) is 54.1 Å². The molecule has 94 valence electrons.